The maximum atomic E-state index is 12.7. The summed E-state index contributed by atoms with van der Waals surface area (Å²) in [5.41, 5.74) is 6.78. The minimum absolute atomic E-state index is 0.0692. The molecule has 0 radical (unpaired) electrons. The average Bonchev–Trinajstić information content (AvgIpc) is 3.01. The van der Waals surface area contributed by atoms with Crippen LogP contribution in [0.4, 0.5) is 0 Å². The maximum Gasteiger partial charge on any atom is 0.249 e. The molecule has 0 aliphatic rings. The Bertz CT molecular complexity index is 844. The lowest BCUT2D eigenvalue weighted by Gasteiger charge is -2.18. The second-order valence-corrected chi connectivity index (χ2v) is 6.29. The molecule has 0 bridgehead atoms. The lowest BCUT2D eigenvalue weighted by Crippen LogP contribution is -2.27. The number of aromatic nitrogens is 2. The molecule has 1 aromatic heterocycles. The first-order valence-corrected chi connectivity index (χ1v) is 8.66. The van der Waals surface area contributed by atoms with Gasteiger partial charge < -0.3 is 0 Å². The molecule has 0 aliphatic carbocycles. The van der Waals surface area contributed by atoms with Gasteiger partial charge in [-0.05, 0) is 31.0 Å². The van der Waals surface area contributed by atoms with Crippen LogP contribution in [0.15, 0.2) is 66.7 Å². The largest absolute Gasteiger partial charge is 0.296 e. The average molecular weight is 349 g/mol. The molecule has 26 heavy (non-hydrogen) atoms. The Balaban J connectivity index is 1.69. The lowest BCUT2D eigenvalue weighted by atomic mass is 10.0. The van der Waals surface area contributed by atoms with Crippen molar-refractivity contribution in [3.63, 3.8) is 0 Å². The third kappa shape index (κ3) is 4.65. The SMILES string of the molecule is Cc1cc(C)n(C(=O)C[C@H](NOCc2ccccc2)c2ccccc2)n1. The van der Waals surface area contributed by atoms with Crippen LogP contribution in [0.3, 0.4) is 0 Å². The van der Waals surface area contributed by atoms with Crippen LogP contribution < -0.4 is 5.48 Å². The molecule has 2 aromatic carbocycles. The van der Waals surface area contributed by atoms with Crippen molar-refractivity contribution in [2.75, 3.05) is 0 Å². The van der Waals surface area contributed by atoms with E-state index in [1.807, 2.05) is 80.6 Å². The molecule has 5 heteroatoms. The number of rotatable bonds is 7. The van der Waals surface area contributed by atoms with Crippen LogP contribution in [-0.2, 0) is 11.4 Å². The second kappa shape index (κ2) is 8.56. The first-order valence-electron chi connectivity index (χ1n) is 8.66. The maximum absolute atomic E-state index is 12.7. The van der Waals surface area contributed by atoms with Crippen LogP contribution in [-0.4, -0.2) is 15.7 Å². The normalized spacial score (nSPS) is 12.1. The summed E-state index contributed by atoms with van der Waals surface area (Å²) < 4.78 is 1.46. The molecule has 0 saturated carbocycles. The molecule has 134 valence electrons. The zero-order valence-corrected chi connectivity index (χ0v) is 15.1. The molecule has 3 aromatic rings. The van der Waals surface area contributed by atoms with Gasteiger partial charge in [0.1, 0.15) is 0 Å². The summed E-state index contributed by atoms with van der Waals surface area (Å²) in [6.07, 6.45) is 0.251. The Labute approximate surface area is 153 Å². The Morgan fingerprint density at radius 2 is 1.73 bits per heavy atom. The Hall–Kier alpha value is -2.76. The number of carbonyl (C=O) groups is 1. The highest BCUT2D eigenvalue weighted by Gasteiger charge is 2.19. The molecular weight excluding hydrogens is 326 g/mol. The van der Waals surface area contributed by atoms with Gasteiger partial charge in [-0.25, -0.2) is 4.68 Å². The van der Waals surface area contributed by atoms with Crippen molar-refractivity contribution in [3.8, 4) is 0 Å². The van der Waals surface area contributed by atoms with Crippen LogP contribution >= 0.6 is 0 Å². The second-order valence-electron chi connectivity index (χ2n) is 6.29. The third-order valence-electron chi connectivity index (χ3n) is 4.13. The summed E-state index contributed by atoms with van der Waals surface area (Å²) in [4.78, 5) is 18.4. The van der Waals surface area contributed by atoms with E-state index in [9.17, 15) is 4.79 Å². The number of hydrogen-bond donors (Lipinski definition) is 1. The van der Waals surface area contributed by atoms with E-state index in [4.69, 9.17) is 4.84 Å². The van der Waals surface area contributed by atoms with Gasteiger partial charge in [-0.1, -0.05) is 60.7 Å². The quantitative estimate of drug-likeness (QED) is 0.655. The van der Waals surface area contributed by atoms with Crippen LogP contribution in [0, 0.1) is 13.8 Å². The van der Waals surface area contributed by atoms with Crippen LogP contribution in [0.25, 0.3) is 0 Å². The van der Waals surface area contributed by atoms with Crippen molar-refractivity contribution in [1.82, 2.24) is 15.3 Å². The minimum atomic E-state index is -0.253. The summed E-state index contributed by atoms with van der Waals surface area (Å²) in [5.74, 6) is -0.0692. The molecule has 0 spiro atoms. The van der Waals surface area contributed by atoms with E-state index in [2.05, 4.69) is 10.6 Å². The van der Waals surface area contributed by atoms with Crippen LogP contribution in [0.1, 0.15) is 39.8 Å². The van der Waals surface area contributed by atoms with Crippen molar-refractivity contribution >= 4 is 5.91 Å². The molecule has 1 atom stereocenters. The summed E-state index contributed by atoms with van der Waals surface area (Å²) >= 11 is 0. The van der Waals surface area contributed by atoms with Crippen molar-refractivity contribution < 1.29 is 9.63 Å². The first kappa shape index (κ1) is 18.0. The van der Waals surface area contributed by atoms with E-state index >= 15 is 0 Å². The number of nitrogens with zero attached hydrogens (tertiary/aromatic N) is 2. The number of benzene rings is 2. The van der Waals surface area contributed by atoms with E-state index in [1.54, 1.807) is 0 Å². The van der Waals surface area contributed by atoms with Gasteiger partial charge in [-0.2, -0.15) is 10.6 Å². The molecule has 0 amide bonds. The number of hydroxylamine groups is 1. The fourth-order valence-corrected chi connectivity index (χ4v) is 2.86. The van der Waals surface area contributed by atoms with Crippen molar-refractivity contribution in [2.45, 2.75) is 32.9 Å². The van der Waals surface area contributed by atoms with Gasteiger partial charge in [-0.3, -0.25) is 9.63 Å². The van der Waals surface area contributed by atoms with Gasteiger partial charge in [0, 0.05) is 5.69 Å². The van der Waals surface area contributed by atoms with Crippen molar-refractivity contribution in [3.05, 3.63) is 89.2 Å². The number of aryl methyl sites for hydroxylation is 2. The van der Waals surface area contributed by atoms with E-state index in [0.717, 1.165) is 22.5 Å². The fraction of sp³-hybridized carbons (Fsp3) is 0.238. The standard InChI is InChI=1S/C21H23N3O2/c1-16-13-17(2)24(22-16)21(25)14-20(19-11-7-4-8-12-19)23-26-15-18-9-5-3-6-10-18/h3-13,20,23H,14-15H2,1-2H3/t20-/m0/s1. The highest BCUT2D eigenvalue weighted by atomic mass is 16.6. The molecular formula is C21H23N3O2. The van der Waals surface area contributed by atoms with Gasteiger partial charge in [-0.15, -0.1) is 0 Å². The fourth-order valence-electron chi connectivity index (χ4n) is 2.86. The molecule has 0 aliphatic heterocycles. The molecule has 5 nitrogen and oxygen atoms in total. The molecule has 3 rings (SSSR count). The summed E-state index contributed by atoms with van der Waals surface area (Å²) in [6, 6.07) is 21.4. The predicted molar refractivity (Wildman–Crippen MR) is 100 cm³/mol. The smallest absolute Gasteiger partial charge is 0.249 e. The zero-order valence-electron chi connectivity index (χ0n) is 15.1. The highest BCUT2D eigenvalue weighted by Crippen LogP contribution is 2.18. The van der Waals surface area contributed by atoms with E-state index in [0.29, 0.717) is 6.61 Å². The summed E-state index contributed by atoms with van der Waals surface area (Å²) in [7, 11) is 0. The number of hydrogen-bond acceptors (Lipinski definition) is 4. The Morgan fingerprint density at radius 3 is 2.35 bits per heavy atom. The van der Waals surface area contributed by atoms with Gasteiger partial charge >= 0.3 is 0 Å². The van der Waals surface area contributed by atoms with Gasteiger partial charge in [0.25, 0.3) is 0 Å². The summed E-state index contributed by atoms with van der Waals surface area (Å²) in [5, 5.41) is 4.28. The predicted octanol–water partition coefficient (Wildman–Crippen LogP) is 3.99. The van der Waals surface area contributed by atoms with Gasteiger partial charge in [0.05, 0.1) is 24.8 Å². The third-order valence-corrected chi connectivity index (χ3v) is 4.13. The van der Waals surface area contributed by atoms with E-state index in [-0.39, 0.29) is 18.4 Å². The Kier molecular flexibility index (Phi) is 5.94. The molecule has 0 saturated heterocycles. The van der Waals surface area contributed by atoms with Gasteiger partial charge in [0.15, 0.2) is 0 Å². The topological polar surface area (TPSA) is 56.2 Å². The minimum Gasteiger partial charge on any atom is -0.296 e. The molecule has 1 heterocycles. The summed E-state index contributed by atoms with van der Waals surface area (Å²) in [6.45, 7) is 4.19. The van der Waals surface area contributed by atoms with Gasteiger partial charge in [0.2, 0.25) is 5.91 Å². The monoisotopic (exact) mass is 349 g/mol. The Morgan fingerprint density at radius 1 is 1.08 bits per heavy atom. The lowest BCUT2D eigenvalue weighted by molar-refractivity contribution is 0.000899. The highest BCUT2D eigenvalue weighted by molar-refractivity contribution is 5.79. The number of carbonyl (C=O) groups excluding carboxylic acids is 1. The first-order chi connectivity index (χ1) is 12.6. The van der Waals surface area contributed by atoms with Crippen LogP contribution in [0.5, 0.6) is 0 Å². The van der Waals surface area contributed by atoms with E-state index in [1.165, 1.54) is 4.68 Å². The van der Waals surface area contributed by atoms with Crippen molar-refractivity contribution in [1.29, 1.82) is 0 Å². The van der Waals surface area contributed by atoms with Crippen LogP contribution in [0.2, 0.25) is 0 Å². The molecule has 1 N–H and O–H groups in total. The van der Waals surface area contributed by atoms with Crippen molar-refractivity contribution in [2.24, 2.45) is 0 Å². The molecule has 0 fully saturated rings. The zero-order chi connectivity index (χ0) is 18.4. The van der Waals surface area contributed by atoms with E-state index < -0.39 is 0 Å². The number of nitrogens with one attached hydrogen (secondary N) is 1. The molecule has 0 unspecified atom stereocenters.